The number of anilines is 1. The van der Waals surface area contributed by atoms with E-state index in [0.717, 1.165) is 33.8 Å². The Labute approximate surface area is 155 Å². The lowest BCUT2D eigenvalue weighted by atomic mass is 10.2. The number of rotatable bonds is 6. The fraction of sp³-hybridized carbons (Fsp3) is 0.278. The fourth-order valence-corrected chi connectivity index (χ4v) is 3.40. The summed E-state index contributed by atoms with van der Waals surface area (Å²) >= 11 is 1.63. The summed E-state index contributed by atoms with van der Waals surface area (Å²) in [6.07, 6.45) is 2.43. The van der Waals surface area contributed by atoms with Crippen molar-refractivity contribution in [3.8, 4) is 0 Å². The van der Waals surface area contributed by atoms with Crippen molar-refractivity contribution in [2.75, 3.05) is 17.6 Å². The molecule has 1 aromatic carbocycles. The molecule has 0 unspecified atom stereocenters. The van der Waals surface area contributed by atoms with Crippen molar-refractivity contribution in [3.05, 3.63) is 48.0 Å². The van der Waals surface area contributed by atoms with Crippen LogP contribution in [-0.4, -0.2) is 33.1 Å². The topological polar surface area (TPSA) is 71.8 Å². The number of amides is 2. The Morgan fingerprint density at radius 2 is 2.08 bits per heavy atom. The summed E-state index contributed by atoms with van der Waals surface area (Å²) in [4.78, 5) is 17.3. The maximum Gasteiger partial charge on any atom is 0.319 e. The Hall–Kier alpha value is -2.61. The van der Waals surface area contributed by atoms with Gasteiger partial charge in [0, 0.05) is 23.9 Å². The Kier molecular flexibility index (Phi) is 5.72. The number of aromatic nitrogens is 3. The summed E-state index contributed by atoms with van der Waals surface area (Å²) in [5, 5.41) is 10.8. The molecule has 2 heterocycles. The van der Waals surface area contributed by atoms with Crippen LogP contribution in [0, 0.1) is 12.7 Å². The van der Waals surface area contributed by atoms with E-state index in [2.05, 4.69) is 20.7 Å². The number of hydrogen-bond donors (Lipinski definition) is 2. The first-order valence-corrected chi connectivity index (χ1v) is 9.24. The number of carbonyl (C=O) groups is 1. The first-order valence-electron chi connectivity index (χ1n) is 8.25. The predicted molar refractivity (Wildman–Crippen MR) is 102 cm³/mol. The average Bonchev–Trinajstić information content (AvgIpc) is 2.90. The highest BCUT2D eigenvalue weighted by Gasteiger charge is 2.08. The van der Waals surface area contributed by atoms with Crippen LogP contribution in [-0.2, 0) is 7.05 Å². The summed E-state index contributed by atoms with van der Waals surface area (Å²) in [6, 6.07) is 8.01. The highest BCUT2D eigenvalue weighted by molar-refractivity contribution is 7.99. The molecule has 0 saturated heterocycles. The van der Waals surface area contributed by atoms with Gasteiger partial charge in [-0.05, 0) is 49.4 Å². The van der Waals surface area contributed by atoms with Crippen LogP contribution in [0.3, 0.4) is 0 Å². The van der Waals surface area contributed by atoms with Gasteiger partial charge < -0.3 is 10.6 Å². The van der Waals surface area contributed by atoms with Crippen LogP contribution in [0.5, 0.6) is 0 Å². The van der Waals surface area contributed by atoms with Gasteiger partial charge in [-0.15, -0.1) is 11.8 Å². The van der Waals surface area contributed by atoms with E-state index in [1.165, 1.54) is 12.1 Å². The third kappa shape index (κ3) is 4.51. The second kappa shape index (κ2) is 8.18. The zero-order chi connectivity index (χ0) is 18.5. The SMILES string of the molecule is Cc1nn(C)c2ncc(NC(=O)NCCCSc3ccc(F)cc3)cc12. The summed E-state index contributed by atoms with van der Waals surface area (Å²) in [5.74, 6) is 0.607. The predicted octanol–water partition coefficient (Wildman–Crippen LogP) is 3.72. The molecule has 0 radical (unpaired) electrons. The Balaban J connectivity index is 1.42. The number of hydrogen-bond acceptors (Lipinski definition) is 4. The maximum atomic E-state index is 12.8. The van der Waals surface area contributed by atoms with Gasteiger partial charge in [0.15, 0.2) is 5.65 Å². The third-order valence-corrected chi connectivity index (χ3v) is 4.91. The Bertz CT molecular complexity index is 910. The molecule has 0 saturated carbocycles. The Morgan fingerprint density at radius 1 is 1.31 bits per heavy atom. The third-order valence-electron chi connectivity index (χ3n) is 3.81. The van der Waals surface area contributed by atoms with Gasteiger partial charge in [0.25, 0.3) is 0 Å². The van der Waals surface area contributed by atoms with Gasteiger partial charge in [0.2, 0.25) is 0 Å². The van der Waals surface area contributed by atoms with Gasteiger partial charge in [-0.2, -0.15) is 5.10 Å². The van der Waals surface area contributed by atoms with Crippen LogP contribution in [0.25, 0.3) is 11.0 Å². The van der Waals surface area contributed by atoms with Crippen LogP contribution < -0.4 is 10.6 Å². The number of halogens is 1. The second-order valence-corrected chi connectivity index (χ2v) is 7.01. The van der Waals surface area contributed by atoms with Crippen LogP contribution in [0.1, 0.15) is 12.1 Å². The van der Waals surface area contributed by atoms with Gasteiger partial charge >= 0.3 is 6.03 Å². The van der Waals surface area contributed by atoms with E-state index in [9.17, 15) is 9.18 Å². The standard InChI is InChI=1S/C18H20FN5OS/c1-12-16-10-14(11-21-17(16)24(2)23-12)22-18(25)20-8-3-9-26-15-6-4-13(19)5-7-15/h4-7,10-11H,3,8-9H2,1-2H3,(H2,20,22,25). The second-order valence-electron chi connectivity index (χ2n) is 5.84. The Morgan fingerprint density at radius 3 is 2.85 bits per heavy atom. The van der Waals surface area contributed by atoms with E-state index in [0.29, 0.717) is 12.2 Å². The molecule has 2 N–H and O–H groups in total. The minimum Gasteiger partial charge on any atom is -0.338 e. The minimum absolute atomic E-state index is 0.234. The number of aryl methyl sites for hydroxylation is 2. The molecule has 0 atom stereocenters. The number of nitrogens with zero attached hydrogens (tertiary/aromatic N) is 3. The normalized spacial score (nSPS) is 10.9. The van der Waals surface area contributed by atoms with Crippen molar-refractivity contribution in [3.63, 3.8) is 0 Å². The molecule has 0 bridgehead atoms. The van der Waals surface area contributed by atoms with Gasteiger partial charge in [0.05, 0.1) is 17.6 Å². The molecule has 8 heteroatoms. The molecule has 0 aliphatic carbocycles. The highest BCUT2D eigenvalue weighted by atomic mass is 32.2. The molecule has 0 aliphatic heterocycles. The molecule has 6 nitrogen and oxygen atoms in total. The van der Waals surface area contributed by atoms with Gasteiger partial charge in [-0.1, -0.05) is 0 Å². The fourth-order valence-electron chi connectivity index (χ4n) is 2.55. The molecule has 0 spiro atoms. The van der Waals surface area contributed by atoms with Gasteiger partial charge in [-0.25, -0.2) is 14.2 Å². The molecular weight excluding hydrogens is 353 g/mol. The van der Waals surface area contributed by atoms with Crippen molar-refractivity contribution in [2.24, 2.45) is 7.05 Å². The number of urea groups is 1. The molecule has 3 rings (SSSR count). The molecule has 0 aliphatic rings. The van der Waals surface area contributed by atoms with E-state index in [1.54, 1.807) is 34.8 Å². The van der Waals surface area contributed by atoms with Crippen LogP contribution in [0.4, 0.5) is 14.9 Å². The molecule has 2 amide bonds. The van der Waals surface area contributed by atoms with E-state index < -0.39 is 0 Å². The molecule has 2 aromatic heterocycles. The smallest absolute Gasteiger partial charge is 0.319 e. The zero-order valence-corrected chi connectivity index (χ0v) is 15.4. The monoisotopic (exact) mass is 373 g/mol. The quantitative estimate of drug-likeness (QED) is 0.510. The van der Waals surface area contributed by atoms with Crippen LogP contribution in [0.15, 0.2) is 41.4 Å². The summed E-state index contributed by atoms with van der Waals surface area (Å²) in [7, 11) is 1.84. The van der Waals surface area contributed by atoms with Gasteiger partial charge in [0.1, 0.15) is 5.82 Å². The number of benzene rings is 1. The zero-order valence-electron chi connectivity index (χ0n) is 14.6. The highest BCUT2D eigenvalue weighted by Crippen LogP contribution is 2.20. The van der Waals surface area contributed by atoms with E-state index in [4.69, 9.17) is 0 Å². The molecular formula is C18H20FN5OS. The molecule has 136 valence electrons. The lowest BCUT2D eigenvalue weighted by molar-refractivity contribution is 0.252. The number of thioether (sulfide) groups is 1. The van der Waals surface area contributed by atoms with Crippen molar-refractivity contribution >= 4 is 34.5 Å². The average molecular weight is 373 g/mol. The van der Waals surface area contributed by atoms with E-state index >= 15 is 0 Å². The lowest BCUT2D eigenvalue weighted by Gasteiger charge is -2.07. The van der Waals surface area contributed by atoms with Crippen LogP contribution in [0.2, 0.25) is 0 Å². The largest absolute Gasteiger partial charge is 0.338 e. The van der Waals surface area contributed by atoms with Crippen molar-refractivity contribution < 1.29 is 9.18 Å². The first kappa shape index (κ1) is 18.2. The number of carbonyl (C=O) groups excluding carboxylic acids is 1. The number of fused-ring (bicyclic) bond motifs is 1. The minimum atomic E-state index is -0.264. The van der Waals surface area contributed by atoms with E-state index in [-0.39, 0.29) is 11.8 Å². The maximum absolute atomic E-state index is 12.8. The first-order chi connectivity index (χ1) is 12.5. The molecule has 26 heavy (non-hydrogen) atoms. The van der Waals surface area contributed by atoms with Crippen molar-refractivity contribution in [1.29, 1.82) is 0 Å². The van der Waals surface area contributed by atoms with E-state index in [1.807, 2.05) is 20.0 Å². The van der Waals surface area contributed by atoms with Crippen molar-refractivity contribution in [1.82, 2.24) is 20.1 Å². The van der Waals surface area contributed by atoms with Crippen molar-refractivity contribution in [2.45, 2.75) is 18.2 Å². The summed E-state index contributed by atoms with van der Waals surface area (Å²) in [6.45, 7) is 2.47. The summed E-state index contributed by atoms with van der Waals surface area (Å²) in [5.41, 5.74) is 2.29. The summed E-state index contributed by atoms with van der Waals surface area (Å²) < 4.78 is 14.5. The molecule has 3 aromatic rings. The number of nitrogens with one attached hydrogen (secondary N) is 2. The lowest BCUT2D eigenvalue weighted by Crippen LogP contribution is -2.29. The number of pyridine rings is 1. The molecule has 0 fully saturated rings. The van der Waals surface area contributed by atoms with Gasteiger partial charge in [-0.3, -0.25) is 4.68 Å². The van der Waals surface area contributed by atoms with Crippen LogP contribution >= 0.6 is 11.8 Å².